The fourth-order valence-corrected chi connectivity index (χ4v) is 2.98. The Labute approximate surface area is 133 Å². The van der Waals surface area contributed by atoms with Crippen LogP contribution in [-0.2, 0) is 4.74 Å². The van der Waals surface area contributed by atoms with Crippen LogP contribution in [0.15, 0.2) is 0 Å². The lowest BCUT2D eigenvalue weighted by atomic mass is 9.77. The van der Waals surface area contributed by atoms with Crippen molar-refractivity contribution in [2.75, 3.05) is 13.2 Å². The predicted molar refractivity (Wildman–Crippen MR) is 92.8 cm³/mol. The Morgan fingerprint density at radius 1 is 1.05 bits per heavy atom. The first kappa shape index (κ1) is 19.0. The minimum Gasteiger partial charge on any atom is -0.374 e. The molecule has 0 aromatic rings. The SMILES string of the molecule is CCC1CCC(CNC(C)(C)C)(OCCC(C)(C)C)CC1. The van der Waals surface area contributed by atoms with Gasteiger partial charge in [-0.1, -0.05) is 34.1 Å². The third-order valence-corrected chi connectivity index (χ3v) is 4.79. The molecule has 126 valence electrons. The highest BCUT2D eigenvalue weighted by Crippen LogP contribution is 2.37. The van der Waals surface area contributed by atoms with Crippen LogP contribution in [0.5, 0.6) is 0 Å². The monoisotopic (exact) mass is 297 g/mol. The van der Waals surface area contributed by atoms with E-state index in [2.05, 4.69) is 53.8 Å². The van der Waals surface area contributed by atoms with Crippen molar-refractivity contribution in [1.29, 1.82) is 0 Å². The maximum Gasteiger partial charge on any atom is 0.0806 e. The van der Waals surface area contributed by atoms with Gasteiger partial charge in [0.1, 0.15) is 0 Å². The third kappa shape index (κ3) is 7.65. The van der Waals surface area contributed by atoms with Crippen molar-refractivity contribution >= 4 is 0 Å². The molecule has 0 saturated heterocycles. The van der Waals surface area contributed by atoms with Crippen molar-refractivity contribution in [2.24, 2.45) is 11.3 Å². The van der Waals surface area contributed by atoms with Gasteiger partial charge in [-0.05, 0) is 64.2 Å². The zero-order valence-electron chi connectivity index (χ0n) is 15.6. The standard InChI is InChI=1S/C19H39NO/c1-8-16-9-11-19(12-10-16,15-20-18(5,6)7)21-14-13-17(2,3)4/h16,20H,8-15H2,1-7H3. The van der Waals surface area contributed by atoms with Gasteiger partial charge in [-0.2, -0.15) is 0 Å². The Kier molecular flexibility index (Phi) is 6.74. The lowest BCUT2D eigenvalue weighted by Gasteiger charge is -2.42. The van der Waals surface area contributed by atoms with Crippen molar-refractivity contribution in [2.45, 2.75) is 98.1 Å². The second kappa shape index (κ2) is 7.46. The van der Waals surface area contributed by atoms with E-state index in [4.69, 9.17) is 4.74 Å². The average molecular weight is 298 g/mol. The van der Waals surface area contributed by atoms with Crippen LogP contribution in [-0.4, -0.2) is 24.3 Å². The third-order valence-electron chi connectivity index (χ3n) is 4.79. The molecule has 21 heavy (non-hydrogen) atoms. The highest BCUT2D eigenvalue weighted by atomic mass is 16.5. The Morgan fingerprint density at radius 3 is 2.05 bits per heavy atom. The lowest BCUT2D eigenvalue weighted by Crippen LogP contribution is -2.51. The molecule has 0 atom stereocenters. The molecule has 1 saturated carbocycles. The van der Waals surface area contributed by atoms with Crippen LogP contribution in [0.25, 0.3) is 0 Å². The molecule has 0 heterocycles. The summed E-state index contributed by atoms with van der Waals surface area (Å²) in [6.45, 7) is 17.8. The van der Waals surface area contributed by atoms with Crippen LogP contribution in [0.1, 0.15) is 87.0 Å². The summed E-state index contributed by atoms with van der Waals surface area (Å²) < 4.78 is 6.47. The molecule has 2 nitrogen and oxygen atoms in total. The highest BCUT2D eigenvalue weighted by Gasteiger charge is 2.36. The molecular weight excluding hydrogens is 258 g/mol. The zero-order valence-corrected chi connectivity index (χ0v) is 15.6. The second-order valence-corrected chi connectivity index (χ2v) is 9.30. The molecule has 0 radical (unpaired) electrons. The first-order valence-corrected chi connectivity index (χ1v) is 8.94. The molecule has 0 unspecified atom stereocenters. The van der Waals surface area contributed by atoms with E-state index < -0.39 is 0 Å². The van der Waals surface area contributed by atoms with Crippen molar-refractivity contribution in [3.05, 3.63) is 0 Å². The lowest BCUT2D eigenvalue weighted by molar-refractivity contribution is -0.0854. The van der Waals surface area contributed by atoms with Gasteiger partial charge in [-0.3, -0.25) is 0 Å². The molecule has 0 bridgehead atoms. The van der Waals surface area contributed by atoms with E-state index in [0.717, 1.165) is 25.5 Å². The van der Waals surface area contributed by atoms with Crippen molar-refractivity contribution in [3.8, 4) is 0 Å². The molecule has 1 rings (SSSR count). The Bertz CT molecular complexity index is 290. The first-order valence-electron chi connectivity index (χ1n) is 8.94. The summed E-state index contributed by atoms with van der Waals surface area (Å²) >= 11 is 0. The summed E-state index contributed by atoms with van der Waals surface area (Å²) in [7, 11) is 0. The fraction of sp³-hybridized carbons (Fsp3) is 1.00. The van der Waals surface area contributed by atoms with Crippen LogP contribution in [0.4, 0.5) is 0 Å². The van der Waals surface area contributed by atoms with Gasteiger partial charge in [0.2, 0.25) is 0 Å². The van der Waals surface area contributed by atoms with E-state index in [1.54, 1.807) is 0 Å². The molecule has 2 heteroatoms. The number of hydrogen-bond acceptors (Lipinski definition) is 2. The molecule has 0 aromatic heterocycles. The van der Waals surface area contributed by atoms with Crippen LogP contribution < -0.4 is 5.32 Å². The normalized spacial score (nSPS) is 27.9. The van der Waals surface area contributed by atoms with Gasteiger partial charge >= 0.3 is 0 Å². The molecule has 1 aliphatic carbocycles. The molecule has 0 aromatic carbocycles. The number of hydrogen-bond donors (Lipinski definition) is 1. The second-order valence-electron chi connectivity index (χ2n) is 9.30. The summed E-state index contributed by atoms with van der Waals surface area (Å²) in [5.41, 5.74) is 0.603. The molecule has 1 fully saturated rings. The maximum absolute atomic E-state index is 6.47. The molecule has 0 aliphatic heterocycles. The fourth-order valence-electron chi connectivity index (χ4n) is 2.98. The van der Waals surface area contributed by atoms with E-state index in [9.17, 15) is 0 Å². The maximum atomic E-state index is 6.47. The topological polar surface area (TPSA) is 21.3 Å². The van der Waals surface area contributed by atoms with Gasteiger partial charge in [0.15, 0.2) is 0 Å². The van der Waals surface area contributed by atoms with E-state index in [1.165, 1.54) is 32.1 Å². The number of nitrogens with one attached hydrogen (secondary N) is 1. The van der Waals surface area contributed by atoms with Crippen molar-refractivity contribution in [3.63, 3.8) is 0 Å². The molecule has 1 aliphatic rings. The molecule has 0 amide bonds. The van der Waals surface area contributed by atoms with Gasteiger partial charge in [-0.25, -0.2) is 0 Å². The number of ether oxygens (including phenoxy) is 1. The van der Waals surface area contributed by atoms with E-state index in [-0.39, 0.29) is 11.1 Å². The Hall–Kier alpha value is -0.0800. The van der Waals surface area contributed by atoms with Gasteiger partial charge in [-0.15, -0.1) is 0 Å². The van der Waals surface area contributed by atoms with Crippen LogP contribution in [0.2, 0.25) is 0 Å². The minimum atomic E-state index is 0.0736. The summed E-state index contributed by atoms with van der Waals surface area (Å²) in [5, 5.41) is 3.69. The quantitative estimate of drug-likeness (QED) is 0.730. The average Bonchev–Trinajstić information content (AvgIpc) is 2.35. The summed E-state index contributed by atoms with van der Waals surface area (Å²) in [5.74, 6) is 0.916. The van der Waals surface area contributed by atoms with Crippen LogP contribution >= 0.6 is 0 Å². The summed E-state index contributed by atoms with van der Waals surface area (Å²) in [4.78, 5) is 0. The molecular formula is C19H39NO. The van der Waals surface area contributed by atoms with Gasteiger partial charge < -0.3 is 10.1 Å². The number of rotatable bonds is 6. The Morgan fingerprint density at radius 2 is 1.62 bits per heavy atom. The molecule has 1 N–H and O–H groups in total. The predicted octanol–water partition coefficient (Wildman–Crippen LogP) is 5.17. The van der Waals surface area contributed by atoms with E-state index in [0.29, 0.717) is 5.41 Å². The van der Waals surface area contributed by atoms with E-state index >= 15 is 0 Å². The highest BCUT2D eigenvalue weighted by molar-refractivity contribution is 4.91. The van der Waals surface area contributed by atoms with E-state index in [1.807, 2.05) is 0 Å². The van der Waals surface area contributed by atoms with Crippen LogP contribution in [0.3, 0.4) is 0 Å². The van der Waals surface area contributed by atoms with Crippen molar-refractivity contribution < 1.29 is 4.74 Å². The molecule has 0 spiro atoms. The van der Waals surface area contributed by atoms with Gasteiger partial charge in [0.25, 0.3) is 0 Å². The van der Waals surface area contributed by atoms with Crippen molar-refractivity contribution in [1.82, 2.24) is 5.32 Å². The Balaban J connectivity index is 2.58. The smallest absolute Gasteiger partial charge is 0.0806 e. The summed E-state index contributed by atoms with van der Waals surface area (Å²) in [6.07, 6.45) is 7.57. The zero-order chi connectivity index (χ0) is 16.1. The largest absolute Gasteiger partial charge is 0.374 e. The van der Waals surface area contributed by atoms with Gasteiger partial charge in [0, 0.05) is 18.7 Å². The first-order chi connectivity index (χ1) is 9.55. The minimum absolute atomic E-state index is 0.0736. The van der Waals surface area contributed by atoms with Crippen LogP contribution in [0, 0.1) is 11.3 Å². The van der Waals surface area contributed by atoms with Gasteiger partial charge in [0.05, 0.1) is 5.60 Å². The summed E-state index contributed by atoms with van der Waals surface area (Å²) in [6, 6.07) is 0.